The van der Waals surface area contributed by atoms with Crippen LogP contribution in [0.3, 0.4) is 0 Å². The summed E-state index contributed by atoms with van der Waals surface area (Å²) in [4.78, 5) is 0. The fourth-order valence-electron chi connectivity index (χ4n) is 5.82. The van der Waals surface area contributed by atoms with Gasteiger partial charge in [0.25, 0.3) is 0 Å². The zero-order chi connectivity index (χ0) is 22.2. The molecule has 1 heterocycles. The summed E-state index contributed by atoms with van der Waals surface area (Å²) in [6, 6.07) is 35.9. The Morgan fingerprint density at radius 3 is 2.00 bits per heavy atom. The van der Waals surface area contributed by atoms with E-state index in [2.05, 4.69) is 82.7 Å². The molecule has 3 heteroatoms. The molecular formula is C30H16BrNO. The van der Waals surface area contributed by atoms with Crippen LogP contribution in [0, 0.1) is 11.3 Å². The van der Waals surface area contributed by atoms with Gasteiger partial charge in [0.15, 0.2) is 0 Å². The Hall–Kier alpha value is -3.87. The van der Waals surface area contributed by atoms with E-state index in [4.69, 9.17) is 4.74 Å². The van der Waals surface area contributed by atoms with Crippen molar-refractivity contribution in [3.05, 3.63) is 129 Å². The average molecular weight is 486 g/mol. The van der Waals surface area contributed by atoms with Crippen molar-refractivity contribution >= 4 is 26.7 Å². The molecule has 0 unspecified atom stereocenters. The molecule has 2 aliphatic rings. The highest BCUT2D eigenvalue weighted by Crippen LogP contribution is 2.63. The predicted octanol–water partition coefficient (Wildman–Crippen LogP) is 7.94. The zero-order valence-electron chi connectivity index (χ0n) is 17.5. The Balaban J connectivity index is 1.77. The van der Waals surface area contributed by atoms with E-state index < -0.39 is 5.41 Å². The van der Waals surface area contributed by atoms with Gasteiger partial charge in [-0.2, -0.15) is 5.26 Å². The van der Waals surface area contributed by atoms with Gasteiger partial charge in [-0.05, 0) is 58.0 Å². The number of fused-ring (bicyclic) bond motifs is 11. The first-order valence-electron chi connectivity index (χ1n) is 10.9. The van der Waals surface area contributed by atoms with Gasteiger partial charge in [0.05, 0.1) is 17.0 Å². The molecule has 154 valence electrons. The van der Waals surface area contributed by atoms with Crippen LogP contribution in [0.2, 0.25) is 0 Å². The zero-order valence-corrected chi connectivity index (χ0v) is 19.1. The normalized spacial score (nSPS) is 14.1. The third-order valence-electron chi connectivity index (χ3n) is 7.03. The number of nitrogens with zero attached hydrogens (tertiary/aromatic N) is 1. The topological polar surface area (TPSA) is 33.0 Å². The third-order valence-corrected chi connectivity index (χ3v) is 7.52. The van der Waals surface area contributed by atoms with Crippen molar-refractivity contribution in [1.29, 1.82) is 5.26 Å². The SMILES string of the molecule is N#Cc1cc2c(c3ccccc13)-c1cc(Br)ccc1C21c2ccccc2Oc2ccccc21. The minimum Gasteiger partial charge on any atom is -0.457 e. The van der Waals surface area contributed by atoms with Gasteiger partial charge in [0.2, 0.25) is 0 Å². The lowest BCUT2D eigenvalue weighted by molar-refractivity contribution is 0.436. The molecule has 33 heavy (non-hydrogen) atoms. The highest BCUT2D eigenvalue weighted by molar-refractivity contribution is 9.10. The molecule has 1 aliphatic heterocycles. The van der Waals surface area contributed by atoms with Crippen molar-refractivity contribution in [2.45, 2.75) is 5.41 Å². The second-order valence-corrected chi connectivity index (χ2v) is 9.45. The molecule has 1 aliphatic carbocycles. The summed E-state index contributed by atoms with van der Waals surface area (Å²) in [5.74, 6) is 1.70. The smallest absolute Gasteiger partial charge is 0.132 e. The van der Waals surface area contributed by atoms with Gasteiger partial charge in [0, 0.05) is 21.0 Å². The van der Waals surface area contributed by atoms with E-state index in [1.807, 2.05) is 36.4 Å². The van der Waals surface area contributed by atoms with Crippen molar-refractivity contribution in [3.63, 3.8) is 0 Å². The van der Waals surface area contributed by atoms with Gasteiger partial charge in [-0.15, -0.1) is 0 Å². The Kier molecular flexibility index (Phi) is 3.72. The first-order valence-corrected chi connectivity index (χ1v) is 11.7. The number of rotatable bonds is 0. The third kappa shape index (κ3) is 2.26. The van der Waals surface area contributed by atoms with Crippen LogP contribution in [0.4, 0.5) is 0 Å². The van der Waals surface area contributed by atoms with E-state index in [1.54, 1.807) is 0 Å². The molecule has 0 N–H and O–H groups in total. The van der Waals surface area contributed by atoms with Gasteiger partial charge < -0.3 is 4.74 Å². The monoisotopic (exact) mass is 485 g/mol. The van der Waals surface area contributed by atoms with Crippen LogP contribution >= 0.6 is 15.9 Å². The molecular weight excluding hydrogens is 470 g/mol. The minimum atomic E-state index is -0.563. The van der Waals surface area contributed by atoms with Crippen LogP contribution in [-0.4, -0.2) is 0 Å². The Morgan fingerprint density at radius 2 is 1.30 bits per heavy atom. The fourth-order valence-corrected chi connectivity index (χ4v) is 6.19. The maximum Gasteiger partial charge on any atom is 0.132 e. The van der Waals surface area contributed by atoms with Crippen LogP contribution in [-0.2, 0) is 5.41 Å². The maximum atomic E-state index is 10.1. The second kappa shape index (κ2) is 6.57. The highest BCUT2D eigenvalue weighted by Gasteiger charge is 2.51. The van der Waals surface area contributed by atoms with E-state index in [-0.39, 0.29) is 0 Å². The average Bonchev–Trinajstić information content (AvgIpc) is 3.14. The molecule has 0 saturated heterocycles. The summed E-state index contributed by atoms with van der Waals surface area (Å²) in [5.41, 5.74) is 7.05. The van der Waals surface area contributed by atoms with Gasteiger partial charge in [-0.3, -0.25) is 0 Å². The standard InChI is InChI=1S/C30H16BrNO/c31-19-13-14-23-22(16-19)29-21-8-2-1-7-20(21)18(17-32)15-26(29)30(23)24-9-3-5-11-27(24)33-28-12-6-4-10-25(28)30/h1-16H. The summed E-state index contributed by atoms with van der Waals surface area (Å²) >= 11 is 3.71. The molecule has 0 radical (unpaired) electrons. The lowest BCUT2D eigenvalue weighted by Gasteiger charge is -2.39. The van der Waals surface area contributed by atoms with Crippen molar-refractivity contribution in [1.82, 2.24) is 0 Å². The number of hydrogen-bond acceptors (Lipinski definition) is 2. The minimum absolute atomic E-state index is 0.563. The van der Waals surface area contributed by atoms with Crippen molar-refractivity contribution in [3.8, 4) is 28.7 Å². The predicted molar refractivity (Wildman–Crippen MR) is 134 cm³/mol. The molecule has 5 aromatic rings. The highest BCUT2D eigenvalue weighted by atomic mass is 79.9. The van der Waals surface area contributed by atoms with Crippen molar-refractivity contribution in [2.75, 3.05) is 0 Å². The number of ether oxygens (including phenoxy) is 1. The van der Waals surface area contributed by atoms with Crippen molar-refractivity contribution < 1.29 is 4.74 Å². The molecule has 0 fully saturated rings. The number of para-hydroxylation sites is 2. The van der Waals surface area contributed by atoms with Gasteiger partial charge in [-0.1, -0.05) is 82.7 Å². The van der Waals surface area contributed by atoms with E-state index in [0.717, 1.165) is 43.4 Å². The van der Waals surface area contributed by atoms with E-state index in [1.165, 1.54) is 16.7 Å². The molecule has 0 bridgehead atoms. The molecule has 0 saturated carbocycles. The molecule has 0 aromatic heterocycles. The molecule has 0 amide bonds. The first-order chi connectivity index (χ1) is 16.2. The molecule has 7 rings (SSSR count). The van der Waals surface area contributed by atoms with Crippen LogP contribution in [0.25, 0.3) is 21.9 Å². The number of hydrogen-bond donors (Lipinski definition) is 0. The first kappa shape index (κ1) is 18.7. The fraction of sp³-hybridized carbons (Fsp3) is 0.0333. The quantitative estimate of drug-likeness (QED) is 0.218. The van der Waals surface area contributed by atoms with E-state index >= 15 is 0 Å². The Labute approximate surface area is 199 Å². The number of halogens is 1. The van der Waals surface area contributed by atoms with Gasteiger partial charge >= 0.3 is 0 Å². The summed E-state index contributed by atoms with van der Waals surface area (Å²) in [6.45, 7) is 0. The summed E-state index contributed by atoms with van der Waals surface area (Å²) in [6.07, 6.45) is 0. The van der Waals surface area contributed by atoms with Gasteiger partial charge in [-0.25, -0.2) is 0 Å². The number of nitriles is 1. The van der Waals surface area contributed by atoms with Gasteiger partial charge in [0.1, 0.15) is 11.5 Å². The van der Waals surface area contributed by atoms with Crippen molar-refractivity contribution in [2.24, 2.45) is 0 Å². The summed E-state index contributed by atoms with van der Waals surface area (Å²) < 4.78 is 7.42. The lowest BCUT2D eigenvalue weighted by atomic mass is 9.66. The summed E-state index contributed by atoms with van der Waals surface area (Å²) in [7, 11) is 0. The molecule has 0 atom stereocenters. The van der Waals surface area contributed by atoms with Crippen LogP contribution < -0.4 is 4.74 Å². The largest absolute Gasteiger partial charge is 0.457 e. The Morgan fingerprint density at radius 1 is 0.667 bits per heavy atom. The maximum absolute atomic E-state index is 10.1. The van der Waals surface area contributed by atoms with Crippen LogP contribution in [0.1, 0.15) is 27.8 Å². The molecule has 1 spiro atoms. The summed E-state index contributed by atoms with van der Waals surface area (Å²) in [5, 5.41) is 12.2. The van der Waals surface area contributed by atoms with E-state index in [9.17, 15) is 5.26 Å². The van der Waals surface area contributed by atoms with Crippen LogP contribution in [0.15, 0.2) is 102 Å². The van der Waals surface area contributed by atoms with Crippen LogP contribution in [0.5, 0.6) is 11.5 Å². The van der Waals surface area contributed by atoms with E-state index in [0.29, 0.717) is 5.56 Å². The second-order valence-electron chi connectivity index (χ2n) is 8.54. The number of benzene rings is 5. The molecule has 2 nitrogen and oxygen atoms in total. The Bertz CT molecular complexity index is 1630. The lowest BCUT2D eigenvalue weighted by Crippen LogP contribution is -2.32. The molecule has 5 aromatic carbocycles.